The molecule has 8 heteroatoms. The van der Waals surface area contributed by atoms with Crippen LogP contribution in [-0.2, 0) is 4.79 Å². The number of nitrogens with one attached hydrogen (secondary N) is 2. The van der Waals surface area contributed by atoms with Crippen LogP contribution in [0, 0.1) is 0 Å². The quantitative estimate of drug-likeness (QED) is 0.786. The summed E-state index contributed by atoms with van der Waals surface area (Å²) in [5, 5.41) is 5.81. The lowest BCUT2D eigenvalue weighted by molar-refractivity contribution is -0.119. The molecule has 0 saturated carbocycles. The average molecular weight is 280 g/mol. The number of anilines is 2. The molecule has 1 aliphatic heterocycles. The Kier molecular flexibility index (Phi) is 4.54. The first-order valence-corrected chi connectivity index (χ1v) is 6.71. The van der Waals surface area contributed by atoms with Gasteiger partial charge in [-0.2, -0.15) is 15.0 Å². The number of amides is 1. The van der Waals surface area contributed by atoms with Gasteiger partial charge in [0, 0.05) is 33.1 Å². The van der Waals surface area contributed by atoms with Gasteiger partial charge in [-0.05, 0) is 13.3 Å². The van der Waals surface area contributed by atoms with E-state index in [-0.39, 0.29) is 11.9 Å². The molecule has 0 radical (unpaired) electrons. The Hall–Kier alpha value is -2.12. The molecule has 1 unspecified atom stereocenters. The lowest BCUT2D eigenvalue weighted by atomic mass is 10.3. The molecular weight excluding hydrogens is 260 g/mol. The second-order valence-corrected chi connectivity index (χ2v) is 4.56. The molecule has 20 heavy (non-hydrogen) atoms. The van der Waals surface area contributed by atoms with E-state index in [0.717, 1.165) is 13.0 Å². The summed E-state index contributed by atoms with van der Waals surface area (Å²) in [7, 11) is 1.75. The van der Waals surface area contributed by atoms with Crippen molar-refractivity contribution in [3.8, 4) is 6.01 Å². The Labute approximate surface area is 118 Å². The summed E-state index contributed by atoms with van der Waals surface area (Å²) >= 11 is 0. The summed E-state index contributed by atoms with van der Waals surface area (Å²) in [6.45, 7) is 5.40. The fourth-order valence-electron chi connectivity index (χ4n) is 2.14. The van der Waals surface area contributed by atoms with Gasteiger partial charge in [0.15, 0.2) is 0 Å². The van der Waals surface area contributed by atoms with E-state index < -0.39 is 0 Å². The molecule has 0 bridgehead atoms. The van der Waals surface area contributed by atoms with E-state index >= 15 is 0 Å². The fourth-order valence-corrected chi connectivity index (χ4v) is 2.14. The molecule has 1 saturated heterocycles. The van der Waals surface area contributed by atoms with Crippen molar-refractivity contribution in [1.29, 1.82) is 0 Å². The number of aromatic nitrogens is 3. The number of ether oxygens (including phenoxy) is 1. The highest BCUT2D eigenvalue weighted by atomic mass is 16.5. The van der Waals surface area contributed by atoms with Crippen LogP contribution in [0.4, 0.5) is 11.9 Å². The van der Waals surface area contributed by atoms with Crippen LogP contribution in [0.1, 0.15) is 20.3 Å². The normalized spacial score (nSPS) is 17.9. The summed E-state index contributed by atoms with van der Waals surface area (Å²) < 4.78 is 5.34. The minimum absolute atomic E-state index is 0.0154. The van der Waals surface area contributed by atoms with E-state index in [1.807, 2.05) is 11.8 Å². The third-order valence-electron chi connectivity index (χ3n) is 2.98. The Bertz CT molecular complexity index is 481. The molecule has 110 valence electrons. The monoisotopic (exact) mass is 280 g/mol. The van der Waals surface area contributed by atoms with Gasteiger partial charge in [0.25, 0.3) is 0 Å². The molecule has 2 heterocycles. The highest BCUT2D eigenvalue weighted by molar-refractivity contribution is 5.73. The number of hydrogen-bond acceptors (Lipinski definition) is 7. The fraction of sp³-hybridized carbons (Fsp3) is 0.667. The van der Waals surface area contributed by atoms with Crippen molar-refractivity contribution in [2.24, 2.45) is 0 Å². The Morgan fingerprint density at radius 1 is 1.45 bits per heavy atom. The van der Waals surface area contributed by atoms with Crippen LogP contribution in [0.2, 0.25) is 0 Å². The molecule has 0 aromatic carbocycles. The van der Waals surface area contributed by atoms with Crippen molar-refractivity contribution in [3.05, 3.63) is 0 Å². The average Bonchev–Trinajstić information content (AvgIpc) is 2.86. The molecule has 1 amide bonds. The second-order valence-electron chi connectivity index (χ2n) is 4.56. The maximum absolute atomic E-state index is 11.1. The van der Waals surface area contributed by atoms with Crippen LogP contribution in [0.5, 0.6) is 6.01 Å². The third-order valence-corrected chi connectivity index (χ3v) is 2.98. The van der Waals surface area contributed by atoms with Crippen molar-refractivity contribution >= 4 is 17.8 Å². The van der Waals surface area contributed by atoms with Crippen molar-refractivity contribution in [1.82, 2.24) is 20.3 Å². The minimum atomic E-state index is -0.0154. The summed E-state index contributed by atoms with van der Waals surface area (Å²) in [5.74, 6) is 1.03. The highest BCUT2D eigenvalue weighted by Crippen LogP contribution is 2.19. The summed E-state index contributed by atoms with van der Waals surface area (Å²) in [5.41, 5.74) is 0. The van der Waals surface area contributed by atoms with Crippen molar-refractivity contribution < 1.29 is 9.53 Å². The molecule has 8 nitrogen and oxygen atoms in total. The summed E-state index contributed by atoms with van der Waals surface area (Å²) in [4.78, 5) is 25.9. The van der Waals surface area contributed by atoms with Crippen LogP contribution < -0.4 is 20.3 Å². The Balaban J connectivity index is 2.12. The minimum Gasteiger partial charge on any atom is -0.464 e. The molecule has 0 aliphatic carbocycles. The first kappa shape index (κ1) is 14.3. The van der Waals surface area contributed by atoms with Gasteiger partial charge in [0.1, 0.15) is 0 Å². The molecule has 1 atom stereocenters. The maximum Gasteiger partial charge on any atom is 0.323 e. The summed E-state index contributed by atoms with van der Waals surface area (Å²) in [6, 6.07) is 0.447. The SMILES string of the molecule is CCOc1nc(NC)nc(N2CCC(NC(C)=O)C2)n1. The van der Waals surface area contributed by atoms with Gasteiger partial charge in [-0.1, -0.05) is 0 Å². The number of rotatable bonds is 5. The van der Waals surface area contributed by atoms with E-state index in [2.05, 4.69) is 25.6 Å². The molecular formula is C12H20N6O2. The van der Waals surface area contributed by atoms with Crippen LogP contribution in [0.3, 0.4) is 0 Å². The number of carbonyl (C=O) groups is 1. The topological polar surface area (TPSA) is 92.3 Å². The van der Waals surface area contributed by atoms with Gasteiger partial charge in [-0.3, -0.25) is 4.79 Å². The first-order valence-electron chi connectivity index (χ1n) is 6.71. The predicted octanol–water partition coefficient (Wildman–Crippen LogP) is 0.0268. The highest BCUT2D eigenvalue weighted by Gasteiger charge is 2.25. The molecule has 1 fully saturated rings. The van der Waals surface area contributed by atoms with E-state index in [0.29, 0.717) is 31.1 Å². The largest absolute Gasteiger partial charge is 0.464 e. The van der Waals surface area contributed by atoms with E-state index in [9.17, 15) is 4.79 Å². The predicted molar refractivity (Wildman–Crippen MR) is 75.0 cm³/mol. The van der Waals surface area contributed by atoms with Crippen LogP contribution in [0.25, 0.3) is 0 Å². The van der Waals surface area contributed by atoms with E-state index in [4.69, 9.17) is 4.74 Å². The van der Waals surface area contributed by atoms with Crippen molar-refractivity contribution in [2.45, 2.75) is 26.3 Å². The lowest BCUT2D eigenvalue weighted by Gasteiger charge is -2.17. The van der Waals surface area contributed by atoms with Gasteiger partial charge in [0.05, 0.1) is 6.61 Å². The standard InChI is InChI=1S/C12H20N6O2/c1-4-20-12-16-10(13-3)15-11(17-12)18-6-5-9(7-18)14-8(2)19/h9H,4-7H2,1-3H3,(H,14,19)(H,13,15,16,17). The molecule has 1 aromatic heterocycles. The first-order chi connectivity index (χ1) is 9.62. The zero-order chi connectivity index (χ0) is 14.5. The van der Waals surface area contributed by atoms with Crippen LogP contribution in [0.15, 0.2) is 0 Å². The maximum atomic E-state index is 11.1. The van der Waals surface area contributed by atoms with Gasteiger partial charge < -0.3 is 20.3 Å². The zero-order valence-electron chi connectivity index (χ0n) is 12.0. The van der Waals surface area contributed by atoms with Gasteiger partial charge in [-0.25, -0.2) is 0 Å². The Morgan fingerprint density at radius 3 is 2.90 bits per heavy atom. The van der Waals surface area contributed by atoms with Crippen molar-refractivity contribution in [3.63, 3.8) is 0 Å². The van der Waals surface area contributed by atoms with E-state index in [1.54, 1.807) is 7.05 Å². The smallest absolute Gasteiger partial charge is 0.323 e. The summed E-state index contributed by atoms with van der Waals surface area (Å²) in [6.07, 6.45) is 0.879. The van der Waals surface area contributed by atoms with Gasteiger partial charge >= 0.3 is 6.01 Å². The molecule has 2 N–H and O–H groups in total. The second kappa shape index (κ2) is 6.36. The van der Waals surface area contributed by atoms with Crippen LogP contribution in [-0.4, -0.2) is 53.6 Å². The number of nitrogens with zero attached hydrogens (tertiary/aromatic N) is 4. The van der Waals surface area contributed by atoms with Gasteiger partial charge in [0.2, 0.25) is 17.8 Å². The van der Waals surface area contributed by atoms with Crippen molar-refractivity contribution in [2.75, 3.05) is 37.0 Å². The number of hydrogen-bond donors (Lipinski definition) is 2. The van der Waals surface area contributed by atoms with Crippen LogP contribution >= 0.6 is 0 Å². The number of carbonyl (C=O) groups excluding carboxylic acids is 1. The molecule has 2 rings (SSSR count). The van der Waals surface area contributed by atoms with Gasteiger partial charge in [-0.15, -0.1) is 0 Å². The third kappa shape index (κ3) is 3.46. The van der Waals surface area contributed by atoms with E-state index in [1.165, 1.54) is 6.92 Å². The Morgan fingerprint density at radius 2 is 2.25 bits per heavy atom. The molecule has 1 aliphatic rings. The lowest BCUT2D eigenvalue weighted by Crippen LogP contribution is -2.36. The molecule has 1 aromatic rings. The zero-order valence-corrected chi connectivity index (χ0v) is 12.0. The molecule has 0 spiro atoms.